The molecule has 0 saturated carbocycles. The molecule has 1 unspecified atom stereocenters. The summed E-state index contributed by atoms with van der Waals surface area (Å²) in [5, 5.41) is 17.8. The Hall–Kier alpha value is -1.70. The molecule has 0 fully saturated rings. The van der Waals surface area contributed by atoms with E-state index in [9.17, 15) is 10.1 Å². The number of nitro groups is 1. The normalized spacial score (nSPS) is 11.8. The summed E-state index contributed by atoms with van der Waals surface area (Å²) in [6.45, 7) is 1.99. The van der Waals surface area contributed by atoms with Gasteiger partial charge in [0.2, 0.25) is 0 Å². The van der Waals surface area contributed by atoms with Gasteiger partial charge in [-0.2, -0.15) is 4.98 Å². The van der Waals surface area contributed by atoms with Crippen molar-refractivity contribution >= 4 is 29.7 Å². The van der Waals surface area contributed by atoms with E-state index in [0.717, 1.165) is 0 Å². The van der Waals surface area contributed by atoms with Gasteiger partial charge in [-0.05, 0) is 20.0 Å². The van der Waals surface area contributed by atoms with Crippen molar-refractivity contribution in [1.29, 1.82) is 0 Å². The lowest BCUT2D eigenvalue weighted by molar-refractivity contribution is -0.384. The lowest BCUT2D eigenvalue weighted by Crippen LogP contribution is -2.24. The van der Waals surface area contributed by atoms with Gasteiger partial charge in [0.15, 0.2) is 5.82 Å². The second kappa shape index (κ2) is 7.35. The third-order valence-corrected chi connectivity index (χ3v) is 3.16. The highest BCUT2D eigenvalue weighted by molar-refractivity contribution is 6.33. The first kappa shape index (κ1) is 17.4. The molecule has 9 heteroatoms. The number of nitrogens with one attached hydrogen (secondary N) is 1. The summed E-state index contributed by atoms with van der Waals surface area (Å²) >= 11 is 6.01. The van der Waals surface area contributed by atoms with Crippen LogP contribution in [0.25, 0.3) is 11.5 Å². The number of aromatic nitrogens is 2. The van der Waals surface area contributed by atoms with E-state index in [-0.39, 0.29) is 35.0 Å². The van der Waals surface area contributed by atoms with Gasteiger partial charge in [0.1, 0.15) is 0 Å². The first-order valence-corrected chi connectivity index (χ1v) is 6.33. The topological polar surface area (TPSA) is 94.1 Å². The zero-order chi connectivity index (χ0) is 14.7. The number of benzene rings is 1. The van der Waals surface area contributed by atoms with Crippen LogP contribution in [0.5, 0.6) is 0 Å². The number of likely N-dealkylation sites (N-methyl/N-ethyl adjacent to an activating group) is 1. The van der Waals surface area contributed by atoms with Crippen molar-refractivity contribution in [3.63, 3.8) is 0 Å². The van der Waals surface area contributed by atoms with E-state index in [1.807, 2.05) is 14.0 Å². The van der Waals surface area contributed by atoms with E-state index in [1.165, 1.54) is 18.2 Å². The smallest absolute Gasteiger partial charge is 0.270 e. The number of hydrogen-bond donors (Lipinski definition) is 1. The highest BCUT2D eigenvalue weighted by atomic mass is 35.5. The minimum Gasteiger partial charge on any atom is -0.334 e. The predicted octanol–water partition coefficient (Wildman–Crippen LogP) is 2.87. The zero-order valence-electron chi connectivity index (χ0n) is 11.4. The second-order valence-electron chi connectivity index (χ2n) is 4.33. The quantitative estimate of drug-likeness (QED) is 0.668. The van der Waals surface area contributed by atoms with Gasteiger partial charge in [0.25, 0.3) is 11.6 Å². The molecule has 1 aromatic carbocycles. The molecular formula is C12H14Cl2N4O3. The van der Waals surface area contributed by atoms with Crippen LogP contribution in [-0.4, -0.2) is 28.2 Å². The van der Waals surface area contributed by atoms with Crippen LogP contribution in [0.2, 0.25) is 5.02 Å². The largest absolute Gasteiger partial charge is 0.334 e. The number of rotatable bonds is 5. The Kier molecular flexibility index (Phi) is 6.07. The molecule has 1 N–H and O–H groups in total. The summed E-state index contributed by atoms with van der Waals surface area (Å²) < 4.78 is 5.13. The van der Waals surface area contributed by atoms with Crippen molar-refractivity contribution in [2.75, 3.05) is 7.05 Å². The van der Waals surface area contributed by atoms with E-state index < -0.39 is 4.92 Å². The monoisotopic (exact) mass is 332 g/mol. The van der Waals surface area contributed by atoms with Crippen LogP contribution in [0.3, 0.4) is 0 Å². The molecule has 1 atom stereocenters. The molecule has 1 aromatic heterocycles. The van der Waals surface area contributed by atoms with Crippen LogP contribution in [0.1, 0.15) is 12.7 Å². The van der Waals surface area contributed by atoms with Gasteiger partial charge < -0.3 is 9.84 Å². The molecule has 2 aromatic rings. The van der Waals surface area contributed by atoms with E-state index in [0.29, 0.717) is 17.8 Å². The van der Waals surface area contributed by atoms with Crippen molar-refractivity contribution in [2.45, 2.75) is 19.4 Å². The average Bonchev–Trinajstić information content (AvgIpc) is 2.86. The summed E-state index contributed by atoms with van der Waals surface area (Å²) in [4.78, 5) is 14.4. The fraction of sp³-hybridized carbons (Fsp3) is 0.333. The molecule has 0 aliphatic rings. The fourth-order valence-electron chi connectivity index (χ4n) is 1.61. The Labute approximate surface area is 132 Å². The van der Waals surface area contributed by atoms with Crippen LogP contribution in [0.4, 0.5) is 5.69 Å². The lowest BCUT2D eigenvalue weighted by Gasteiger charge is -2.04. The lowest BCUT2D eigenvalue weighted by atomic mass is 10.2. The van der Waals surface area contributed by atoms with Gasteiger partial charge in [-0.25, -0.2) is 0 Å². The molecule has 0 saturated heterocycles. The van der Waals surface area contributed by atoms with E-state index in [1.54, 1.807) is 0 Å². The van der Waals surface area contributed by atoms with Crippen LogP contribution < -0.4 is 5.32 Å². The molecule has 0 radical (unpaired) electrons. The summed E-state index contributed by atoms with van der Waals surface area (Å²) in [6.07, 6.45) is 0.616. The predicted molar refractivity (Wildman–Crippen MR) is 80.9 cm³/mol. The fourth-order valence-corrected chi connectivity index (χ4v) is 1.87. The van der Waals surface area contributed by atoms with E-state index in [2.05, 4.69) is 15.5 Å². The van der Waals surface area contributed by atoms with Crippen molar-refractivity contribution in [2.24, 2.45) is 0 Å². The molecule has 0 amide bonds. The van der Waals surface area contributed by atoms with Gasteiger partial charge in [-0.3, -0.25) is 10.1 Å². The van der Waals surface area contributed by atoms with Gasteiger partial charge >= 0.3 is 0 Å². The standard InChI is InChI=1S/C12H13ClN4O3.ClH/c1-7(14-2)5-11-15-12(20-16-11)9-4-3-8(17(18)19)6-10(9)13;/h3-4,6-7,14H,5H2,1-2H3;1H. The maximum Gasteiger partial charge on any atom is 0.270 e. The molecule has 0 aliphatic heterocycles. The molecule has 1 heterocycles. The summed E-state index contributed by atoms with van der Waals surface area (Å²) in [5.74, 6) is 0.805. The molecule has 2 rings (SSSR count). The third-order valence-electron chi connectivity index (χ3n) is 2.84. The summed E-state index contributed by atoms with van der Waals surface area (Å²) in [5.41, 5.74) is 0.399. The average molecular weight is 333 g/mol. The van der Waals surface area contributed by atoms with Crippen molar-refractivity contribution in [1.82, 2.24) is 15.5 Å². The highest BCUT2D eigenvalue weighted by Crippen LogP contribution is 2.30. The number of halogens is 2. The Morgan fingerprint density at radius 1 is 1.52 bits per heavy atom. The minimum absolute atomic E-state index is 0. The first-order valence-electron chi connectivity index (χ1n) is 5.95. The van der Waals surface area contributed by atoms with Crippen molar-refractivity contribution in [3.8, 4) is 11.5 Å². The van der Waals surface area contributed by atoms with E-state index in [4.69, 9.17) is 16.1 Å². The number of non-ortho nitro benzene ring substituents is 1. The zero-order valence-corrected chi connectivity index (χ0v) is 12.9. The number of nitro benzene ring substituents is 1. The van der Waals surface area contributed by atoms with Crippen LogP contribution >= 0.6 is 24.0 Å². The number of nitrogens with zero attached hydrogens (tertiary/aromatic N) is 3. The molecule has 0 aliphatic carbocycles. The van der Waals surface area contributed by atoms with Gasteiger partial charge in [-0.1, -0.05) is 16.8 Å². The van der Waals surface area contributed by atoms with Crippen molar-refractivity contribution < 1.29 is 9.45 Å². The number of hydrogen-bond acceptors (Lipinski definition) is 6. The Morgan fingerprint density at radius 3 is 2.81 bits per heavy atom. The molecule has 7 nitrogen and oxygen atoms in total. The van der Waals surface area contributed by atoms with Crippen LogP contribution in [0, 0.1) is 10.1 Å². The van der Waals surface area contributed by atoms with E-state index >= 15 is 0 Å². The van der Waals surface area contributed by atoms with Gasteiger partial charge in [0, 0.05) is 24.6 Å². The summed E-state index contributed by atoms with van der Waals surface area (Å²) in [7, 11) is 1.85. The Morgan fingerprint density at radius 2 is 2.24 bits per heavy atom. The molecule has 0 spiro atoms. The minimum atomic E-state index is -0.510. The van der Waals surface area contributed by atoms with Gasteiger partial charge in [0.05, 0.1) is 15.5 Å². The molecule has 0 bridgehead atoms. The highest BCUT2D eigenvalue weighted by Gasteiger charge is 2.16. The molecule has 21 heavy (non-hydrogen) atoms. The van der Waals surface area contributed by atoms with Crippen LogP contribution in [-0.2, 0) is 6.42 Å². The van der Waals surface area contributed by atoms with Gasteiger partial charge in [-0.15, -0.1) is 12.4 Å². The Balaban J connectivity index is 0.00000220. The molecule has 114 valence electrons. The Bertz CT molecular complexity index is 633. The summed E-state index contributed by atoms with van der Waals surface area (Å²) in [6, 6.07) is 4.32. The SMILES string of the molecule is CNC(C)Cc1noc(-c2ccc([N+](=O)[O-])cc2Cl)n1.Cl. The van der Waals surface area contributed by atoms with Crippen molar-refractivity contribution in [3.05, 3.63) is 39.2 Å². The third kappa shape index (κ3) is 4.13. The second-order valence-corrected chi connectivity index (χ2v) is 4.74. The maximum atomic E-state index is 10.6. The molecular weight excluding hydrogens is 319 g/mol. The van der Waals surface area contributed by atoms with Crippen LogP contribution in [0.15, 0.2) is 22.7 Å². The maximum absolute atomic E-state index is 10.6. The first-order chi connectivity index (χ1) is 9.51.